The zero-order valence-electron chi connectivity index (χ0n) is 23.8. The molecule has 1 heterocycles. The minimum Gasteiger partial charge on any atom is -0.489 e. The van der Waals surface area contributed by atoms with Gasteiger partial charge in [0.05, 0.1) is 50.1 Å². The Morgan fingerprint density at radius 3 is 2.49 bits per heavy atom. The predicted octanol–water partition coefficient (Wildman–Crippen LogP) is 7.21. The Bertz CT molecular complexity index is 1820. The third kappa shape index (κ3) is 7.47. The molecule has 0 amide bonds. The van der Waals surface area contributed by atoms with Crippen LogP contribution in [0.1, 0.15) is 64.1 Å². The van der Waals surface area contributed by atoms with E-state index in [4.69, 9.17) is 54.6 Å². The monoisotopic (exact) mass is 666 g/mol. The van der Waals surface area contributed by atoms with Crippen LogP contribution in [0.5, 0.6) is 5.75 Å². The van der Waals surface area contributed by atoms with Gasteiger partial charge < -0.3 is 24.6 Å². The van der Waals surface area contributed by atoms with Crippen molar-refractivity contribution in [2.45, 2.75) is 38.9 Å². The topological polar surface area (TPSA) is 150 Å². The summed E-state index contributed by atoms with van der Waals surface area (Å²) < 4.78 is 16.5. The SMILES string of the molecule is CC(=NOCc1cc(C(=O)OC(=O)CN)ccc1C#N)c1ccc(OCc2c(-c3c(Cl)cccc3Cl)noc2C2CC2)cc1Cl. The maximum atomic E-state index is 12.2. The molecule has 10 nitrogen and oxygen atoms in total. The molecule has 1 aliphatic carbocycles. The number of halogens is 3. The van der Waals surface area contributed by atoms with Gasteiger partial charge in [0, 0.05) is 22.6 Å². The van der Waals surface area contributed by atoms with E-state index in [1.54, 1.807) is 43.3 Å². The summed E-state index contributed by atoms with van der Waals surface area (Å²) >= 11 is 19.5. The number of hydrogen-bond acceptors (Lipinski definition) is 10. The summed E-state index contributed by atoms with van der Waals surface area (Å²) in [7, 11) is 0. The second-order valence-electron chi connectivity index (χ2n) is 10.1. The minimum absolute atomic E-state index is 0.0614. The van der Waals surface area contributed by atoms with Crippen LogP contribution in [0.15, 0.2) is 64.3 Å². The number of carbonyl (C=O) groups excluding carboxylic acids is 2. The maximum absolute atomic E-state index is 12.2. The van der Waals surface area contributed by atoms with Crippen LogP contribution >= 0.6 is 34.8 Å². The first-order valence-electron chi connectivity index (χ1n) is 13.7. The third-order valence-corrected chi connectivity index (χ3v) is 7.88. The second-order valence-corrected chi connectivity index (χ2v) is 11.3. The summed E-state index contributed by atoms with van der Waals surface area (Å²) in [6.45, 7) is 1.29. The van der Waals surface area contributed by atoms with Crippen molar-refractivity contribution < 1.29 is 28.4 Å². The van der Waals surface area contributed by atoms with Gasteiger partial charge in [-0.1, -0.05) is 51.2 Å². The molecule has 2 N–H and O–H groups in total. The van der Waals surface area contributed by atoms with Gasteiger partial charge in [0.2, 0.25) is 0 Å². The van der Waals surface area contributed by atoms with Gasteiger partial charge in [-0.15, -0.1) is 0 Å². The highest BCUT2D eigenvalue weighted by molar-refractivity contribution is 6.39. The number of carbonyl (C=O) groups is 2. The molecule has 0 bridgehead atoms. The van der Waals surface area contributed by atoms with Crippen LogP contribution in [0.4, 0.5) is 0 Å². The van der Waals surface area contributed by atoms with E-state index in [1.165, 1.54) is 18.2 Å². The molecule has 45 heavy (non-hydrogen) atoms. The highest BCUT2D eigenvalue weighted by Gasteiger charge is 2.33. The van der Waals surface area contributed by atoms with Gasteiger partial charge in [-0.2, -0.15) is 5.26 Å². The van der Waals surface area contributed by atoms with E-state index in [1.807, 2.05) is 6.07 Å². The Labute approximate surface area is 273 Å². The van der Waals surface area contributed by atoms with Crippen LogP contribution in [0.25, 0.3) is 11.3 Å². The summed E-state index contributed by atoms with van der Waals surface area (Å²) in [5.41, 5.74) is 8.84. The fourth-order valence-corrected chi connectivity index (χ4v) is 5.37. The van der Waals surface area contributed by atoms with E-state index in [0.717, 1.165) is 24.2 Å². The van der Waals surface area contributed by atoms with Gasteiger partial charge >= 0.3 is 11.9 Å². The van der Waals surface area contributed by atoms with Crippen molar-refractivity contribution in [3.63, 3.8) is 0 Å². The maximum Gasteiger partial charge on any atom is 0.345 e. The second kappa shape index (κ2) is 14.1. The molecule has 0 unspecified atom stereocenters. The Hall–Kier alpha value is -4.40. The average Bonchev–Trinajstić information content (AvgIpc) is 3.79. The number of rotatable bonds is 11. The fraction of sp³-hybridized carbons (Fsp3) is 0.219. The zero-order valence-corrected chi connectivity index (χ0v) is 26.1. The van der Waals surface area contributed by atoms with E-state index in [-0.39, 0.29) is 30.3 Å². The van der Waals surface area contributed by atoms with Gasteiger partial charge in [0.15, 0.2) is 0 Å². The quantitative estimate of drug-likeness (QED) is 0.0757. The predicted molar refractivity (Wildman–Crippen MR) is 167 cm³/mol. The Kier molecular flexibility index (Phi) is 10.1. The summed E-state index contributed by atoms with van der Waals surface area (Å²) in [5, 5.41) is 19.2. The number of nitriles is 1. The van der Waals surface area contributed by atoms with Gasteiger partial charge in [0.1, 0.15) is 30.4 Å². The number of oxime groups is 1. The smallest absolute Gasteiger partial charge is 0.345 e. The van der Waals surface area contributed by atoms with E-state index >= 15 is 0 Å². The number of benzene rings is 3. The standard InChI is InChI=1S/C32H25Cl3N4O6/c1-17(38-43-15-21-11-19(7-8-20(21)13-36)32(41)44-28(40)14-37)23-10-9-22(12-27(23)35)42-16-24-30(39-45-31(24)18-5-6-18)29-25(33)3-2-4-26(29)34/h2-4,7-12,18H,5-6,14-16,37H2,1H3. The first-order chi connectivity index (χ1) is 21.7. The third-order valence-electron chi connectivity index (χ3n) is 6.94. The summed E-state index contributed by atoms with van der Waals surface area (Å²) in [4.78, 5) is 29.0. The van der Waals surface area contributed by atoms with Gasteiger partial charge in [-0.3, -0.25) is 4.79 Å². The van der Waals surface area contributed by atoms with Crippen molar-refractivity contribution in [3.8, 4) is 23.1 Å². The molecule has 4 aromatic rings. The van der Waals surface area contributed by atoms with Crippen molar-refractivity contribution in [2.24, 2.45) is 10.9 Å². The molecule has 3 aromatic carbocycles. The summed E-state index contributed by atoms with van der Waals surface area (Å²) in [5.74, 6) is -0.218. The Morgan fingerprint density at radius 1 is 1.07 bits per heavy atom. The molecular formula is C32H25Cl3N4O6. The number of ether oxygens (including phenoxy) is 2. The molecule has 5 rings (SSSR count). The molecule has 0 atom stereocenters. The van der Waals surface area contributed by atoms with Gasteiger partial charge in [-0.25, -0.2) is 4.79 Å². The van der Waals surface area contributed by atoms with Crippen molar-refractivity contribution >= 4 is 52.5 Å². The van der Waals surface area contributed by atoms with Crippen molar-refractivity contribution in [1.29, 1.82) is 5.26 Å². The summed E-state index contributed by atoms with van der Waals surface area (Å²) in [6, 6.07) is 16.6. The van der Waals surface area contributed by atoms with Crippen molar-refractivity contribution in [2.75, 3.05) is 6.54 Å². The number of aromatic nitrogens is 1. The molecule has 1 saturated carbocycles. The molecule has 1 aromatic heterocycles. The largest absolute Gasteiger partial charge is 0.489 e. The Balaban J connectivity index is 1.27. The summed E-state index contributed by atoms with van der Waals surface area (Å²) in [6.07, 6.45) is 2.01. The lowest BCUT2D eigenvalue weighted by atomic mass is 10.0. The van der Waals surface area contributed by atoms with Crippen LogP contribution in [-0.4, -0.2) is 29.4 Å². The molecule has 0 radical (unpaired) electrons. The van der Waals surface area contributed by atoms with E-state index in [9.17, 15) is 14.9 Å². The van der Waals surface area contributed by atoms with Crippen LogP contribution < -0.4 is 10.5 Å². The lowest BCUT2D eigenvalue weighted by Gasteiger charge is -2.11. The average molecular weight is 668 g/mol. The fourth-order valence-electron chi connectivity index (χ4n) is 4.48. The highest BCUT2D eigenvalue weighted by Crippen LogP contribution is 2.46. The number of hydrogen-bond donors (Lipinski definition) is 1. The first kappa shape index (κ1) is 32.0. The van der Waals surface area contributed by atoms with Crippen LogP contribution in [0, 0.1) is 11.3 Å². The molecule has 0 saturated heterocycles. The van der Waals surface area contributed by atoms with Crippen molar-refractivity contribution in [3.05, 3.63) is 103 Å². The highest BCUT2D eigenvalue weighted by atomic mass is 35.5. The van der Waals surface area contributed by atoms with E-state index < -0.39 is 18.5 Å². The zero-order chi connectivity index (χ0) is 32.1. The first-order valence-corrected chi connectivity index (χ1v) is 14.8. The van der Waals surface area contributed by atoms with Gasteiger partial charge in [-0.05, 0) is 68.3 Å². The lowest BCUT2D eigenvalue weighted by Crippen LogP contribution is -2.20. The molecule has 0 spiro atoms. The van der Waals surface area contributed by atoms with E-state index in [0.29, 0.717) is 48.9 Å². The molecule has 230 valence electrons. The lowest BCUT2D eigenvalue weighted by molar-refractivity contribution is -0.136. The van der Waals surface area contributed by atoms with Crippen molar-refractivity contribution in [1.82, 2.24) is 5.16 Å². The van der Waals surface area contributed by atoms with Crippen LogP contribution in [-0.2, 0) is 27.6 Å². The number of nitrogens with two attached hydrogens (primary N) is 1. The Morgan fingerprint density at radius 2 is 1.82 bits per heavy atom. The van der Waals surface area contributed by atoms with Crippen LogP contribution in [0.2, 0.25) is 15.1 Å². The minimum atomic E-state index is -0.887. The molecule has 1 fully saturated rings. The normalized spacial score (nSPS) is 12.8. The number of nitrogens with zero attached hydrogens (tertiary/aromatic N) is 3. The molecule has 13 heteroatoms. The molecular weight excluding hydrogens is 643 g/mol. The molecule has 1 aliphatic rings. The van der Waals surface area contributed by atoms with E-state index in [2.05, 4.69) is 15.0 Å². The number of esters is 2. The van der Waals surface area contributed by atoms with Gasteiger partial charge in [0.25, 0.3) is 0 Å². The van der Waals surface area contributed by atoms with Crippen LogP contribution in [0.3, 0.4) is 0 Å². The molecule has 0 aliphatic heterocycles.